The normalized spacial score (nSPS) is 41.8. The van der Waals surface area contributed by atoms with Gasteiger partial charge in [-0.3, -0.25) is 0 Å². The molecule has 0 aromatic rings. The van der Waals surface area contributed by atoms with Crippen molar-refractivity contribution in [2.24, 2.45) is 0 Å². The maximum absolute atomic E-state index is 9.84. The van der Waals surface area contributed by atoms with Gasteiger partial charge in [0, 0.05) is 27.8 Å². The van der Waals surface area contributed by atoms with Crippen molar-refractivity contribution in [3.05, 3.63) is 0 Å². The Morgan fingerprint density at radius 3 is 2.53 bits per heavy atom. The van der Waals surface area contributed by atoms with Gasteiger partial charge in [0.25, 0.3) is 0 Å². The predicted molar refractivity (Wildman–Crippen MR) is 53.6 cm³/mol. The predicted octanol–water partition coefficient (Wildman–Crippen LogP) is 0.160. The van der Waals surface area contributed by atoms with Gasteiger partial charge in [-0.2, -0.15) is 0 Å². The van der Waals surface area contributed by atoms with Crippen LogP contribution in [0.3, 0.4) is 0 Å². The number of methoxy groups -OCH3 is 3. The summed E-state index contributed by atoms with van der Waals surface area (Å²) >= 11 is 0. The second-order valence-electron chi connectivity index (χ2n) is 3.91. The van der Waals surface area contributed by atoms with Gasteiger partial charge in [0.2, 0.25) is 0 Å². The van der Waals surface area contributed by atoms with E-state index in [1.165, 1.54) is 7.11 Å². The average Bonchev–Trinajstić information content (AvgIpc) is 2.23. The van der Waals surface area contributed by atoms with Gasteiger partial charge in [0.1, 0.15) is 5.60 Å². The van der Waals surface area contributed by atoms with Crippen LogP contribution in [0.25, 0.3) is 0 Å². The van der Waals surface area contributed by atoms with Crippen molar-refractivity contribution in [3.8, 4) is 0 Å². The molecule has 1 aliphatic heterocycles. The minimum atomic E-state index is -0.999. The summed E-state index contributed by atoms with van der Waals surface area (Å²) in [5.74, 6) is 0. The summed E-state index contributed by atoms with van der Waals surface area (Å²) in [6, 6.07) is 0. The first-order chi connectivity index (χ1) is 7.08. The molecule has 2 unspecified atom stereocenters. The first kappa shape index (κ1) is 12.9. The summed E-state index contributed by atoms with van der Waals surface area (Å²) < 4.78 is 21.0. The Hall–Kier alpha value is -0.200. The Bertz CT molecular complexity index is 198. The molecular formula is C10H20O5. The highest BCUT2D eigenvalue weighted by molar-refractivity contribution is 4.93. The van der Waals surface area contributed by atoms with Crippen molar-refractivity contribution in [3.63, 3.8) is 0 Å². The Balaban J connectivity index is 2.70. The van der Waals surface area contributed by atoms with Crippen molar-refractivity contribution in [1.82, 2.24) is 0 Å². The van der Waals surface area contributed by atoms with Crippen LogP contribution in [0.1, 0.15) is 13.3 Å². The molecule has 1 N–H and O–H groups in total. The average molecular weight is 220 g/mol. The van der Waals surface area contributed by atoms with Gasteiger partial charge >= 0.3 is 0 Å². The van der Waals surface area contributed by atoms with E-state index in [1.54, 1.807) is 21.1 Å². The van der Waals surface area contributed by atoms with E-state index >= 15 is 0 Å². The molecule has 0 aliphatic carbocycles. The second kappa shape index (κ2) is 5.23. The van der Waals surface area contributed by atoms with Crippen LogP contribution >= 0.6 is 0 Å². The van der Waals surface area contributed by atoms with Crippen LogP contribution in [-0.4, -0.2) is 57.1 Å². The number of rotatable bonds is 4. The maximum atomic E-state index is 9.84. The van der Waals surface area contributed by atoms with Gasteiger partial charge in [-0.25, -0.2) is 0 Å². The molecular weight excluding hydrogens is 200 g/mol. The molecule has 5 nitrogen and oxygen atoms in total. The lowest BCUT2D eigenvalue weighted by Gasteiger charge is -2.45. The molecule has 1 aliphatic rings. The van der Waals surface area contributed by atoms with Gasteiger partial charge in [-0.05, 0) is 6.92 Å². The van der Waals surface area contributed by atoms with Crippen molar-refractivity contribution in [1.29, 1.82) is 0 Å². The van der Waals surface area contributed by atoms with Crippen molar-refractivity contribution in [2.75, 3.05) is 27.9 Å². The largest absolute Gasteiger partial charge is 0.382 e. The van der Waals surface area contributed by atoms with Gasteiger partial charge in [0.05, 0.1) is 18.8 Å². The van der Waals surface area contributed by atoms with Crippen LogP contribution in [-0.2, 0) is 18.9 Å². The van der Waals surface area contributed by atoms with Gasteiger partial charge in [-0.1, -0.05) is 0 Å². The molecule has 1 fully saturated rings. The van der Waals surface area contributed by atoms with E-state index in [2.05, 4.69) is 0 Å². The summed E-state index contributed by atoms with van der Waals surface area (Å²) in [7, 11) is 4.74. The standard InChI is InChI=1S/C10H20O5/c1-10(14-4)8(13-3)5-7(6-12-2)15-9(10)11/h7-9,11H,5-6H2,1-4H3/t7?,8-,9-,10?/m0/s1. The zero-order valence-electron chi connectivity index (χ0n) is 9.73. The quantitative estimate of drug-likeness (QED) is 0.731. The van der Waals surface area contributed by atoms with Crippen LogP contribution in [0.15, 0.2) is 0 Å². The molecule has 1 heterocycles. The first-order valence-corrected chi connectivity index (χ1v) is 4.98. The van der Waals surface area contributed by atoms with E-state index < -0.39 is 11.9 Å². The number of ether oxygens (including phenoxy) is 4. The van der Waals surface area contributed by atoms with Crippen LogP contribution in [0, 0.1) is 0 Å². The Morgan fingerprint density at radius 1 is 1.40 bits per heavy atom. The van der Waals surface area contributed by atoms with Crippen LogP contribution < -0.4 is 0 Å². The molecule has 0 aromatic carbocycles. The van der Waals surface area contributed by atoms with E-state index in [4.69, 9.17) is 18.9 Å². The Morgan fingerprint density at radius 2 is 2.07 bits per heavy atom. The highest BCUT2D eigenvalue weighted by Crippen LogP contribution is 2.32. The van der Waals surface area contributed by atoms with Gasteiger partial charge in [-0.15, -0.1) is 0 Å². The molecule has 0 spiro atoms. The molecule has 1 rings (SSSR count). The number of aliphatic hydroxyl groups excluding tert-OH is 1. The molecule has 0 bridgehead atoms. The lowest BCUT2D eigenvalue weighted by Crippen LogP contribution is -2.59. The maximum Gasteiger partial charge on any atom is 0.186 e. The molecule has 4 atom stereocenters. The monoisotopic (exact) mass is 220 g/mol. The zero-order chi connectivity index (χ0) is 11.5. The molecule has 15 heavy (non-hydrogen) atoms. The summed E-state index contributed by atoms with van der Waals surface area (Å²) in [4.78, 5) is 0. The third-order valence-electron chi connectivity index (χ3n) is 3.00. The van der Waals surface area contributed by atoms with E-state index in [0.29, 0.717) is 13.0 Å². The van der Waals surface area contributed by atoms with Crippen LogP contribution in [0.4, 0.5) is 0 Å². The van der Waals surface area contributed by atoms with E-state index in [1.807, 2.05) is 0 Å². The van der Waals surface area contributed by atoms with E-state index in [-0.39, 0.29) is 12.2 Å². The zero-order valence-corrected chi connectivity index (χ0v) is 9.73. The highest BCUT2D eigenvalue weighted by atomic mass is 16.7. The molecule has 0 aromatic heterocycles. The number of hydrogen-bond donors (Lipinski definition) is 1. The van der Waals surface area contributed by atoms with Crippen LogP contribution in [0.5, 0.6) is 0 Å². The Labute approximate surface area is 90.3 Å². The van der Waals surface area contributed by atoms with E-state index in [0.717, 1.165) is 0 Å². The fraction of sp³-hybridized carbons (Fsp3) is 1.00. The van der Waals surface area contributed by atoms with Crippen molar-refractivity contribution >= 4 is 0 Å². The first-order valence-electron chi connectivity index (χ1n) is 4.98. The topological polar surface area (TPSA) is 57.2 Å². The molecule has 1 saturated heterocycles. The molecule has 0 saturated carbocycles. The summed E-state index contributed by atoms with van der Waals surface area (Å²) in [5, 5.41) is 9.84. The summed E-state index contributed by atoms with van der Waals surface area (Å²) in [6.07, 6.45) is -0.711. The SMILES string of the molecule is COCC1C[C@H](OC)C(C)(OC)[C@@H](O)O1. The van der Waals surface area contributed by atoms with E-state index in [9.17, 15) is 5.11 Å². The lowest BCUT2D eigenvalue weighted by atomic mass is 9.90. The van der Waals surface area contributed by atoms with Crippen molar-refractivity contribution in [2.45, 2.75) is 37.4 Å². The highest BCUT2D eigenvalue weighted by Gasteiger charge is 2.48. The fourth-order valence-electron chi connectivity index (χ4n) is 1.86. The summed E-state index contributed by atoms with van der Waals surface area (Å²) in [6.45, 7) is 2.21. The smallest absolute Gasteiger partial charge is 0.186 e. The van der Waals surface area contributed by atoms with Crippen LogP contribution in [0.2, 0.25) is 0 Å². The number of hydrogen-bond acceptors (Lipinski definition) is 5. The lowest BCUT2D eigenvalue weighted by molar-refractivity contribution is -0.305. The molecule has 0 radical (unpaired) electrons. The third kappa shape index (κ3) is 2.49. The minimum absolute atomic E-state index is 0.154. The number of aliphatic hydroxyl groups is 1. The molecule has 90 valence electrons. The summed E-state index contributed by atoms with van der Waals surface area (Å²) in [5.41, 5.74) is -0.820. The molecule has 5 heteroatoms. The van der Waals surface area contributed by atoms with Gasteiger partial charge < -0.3 is 24.1 Å². The molecule has 0 amide bonds. The van der Waals surface area contributed by atoms with Gasteiger partial charge in [0.15, 0.2) is 6.29 Å². The Kier molecular flexibility index (Phi) is 4.48. The van der Waals surface area contributed by atoms with Crippen molar-refractivity contribution < 1.29 is 24.1 Å². The third-order valence-corrected chi connectivity index (χ3v) is 3.00. The minimum Gasteiger partial charge on any atom is -0.382 e. The second-order valence-corrected chi connectivity index (χ2v) is 3.91. The fourth-order valence-corrected chi connectivity index (χ4v) is 1.86.